The Kier molecular flexibility index (Phi) is 6.94. The van der Waals surface area contributed by atoms with Gasteiger partial charge >= 0.3 is 0 Å². The molecule has 5 rings (SSSR count). The van der Waals surface area contributed by atoms with Crippen LogP contribution in [0.4, 0.5) is 4.39 Å². The minimum atomic E-state index is -0.301. The second-order valence-corrected chi connectivity index (χ2v) is 9.24. The van der Waals surface area contributed by atoms with Gasteiger partial charge in [-0.25, -0.2) is 4.39 Å². The van der Waals surface area contributed by atoms with Crippen molar-refractivity contribution in [2.24, 2.45) is 7.05 Å². The van der Waals surface area contributed by atoms with E-state index in [2.05, 4.69) is 40.3 Å². The van der Waals surface area contributed by atoms with Crippen LogP contribution in [0.2, 0.25) is 0 Å². The van der Waals surface area contributed by atoms with Crippen molar-refractivity contribution in [3.8, 4) is 0 Å². The number of hydrogen-bond acceptors (Lipinski definition) is 1. The summed E-state index contributed by atoms with van der Waals surface area (Å²) in [5.74, 6) is -0.647. The molecule has 0 unspecified atom stereocenters. The van der Waals surface area contributed by atoms with Crippen LogP contribution in [0, 0.1) is 5.82 Å². The Labute approximate surface area is 211 Å². The summed E-state index contributed by atoms with van der Waals surface area (Å²) in [6.45, 7) is 0. The third-order valence-corrected chi connectivity index (χ3v) is 6.76. The predicted octanol–water partition coefficient (Wildman–Crippen LogP) is 6.94. The fraction of sp³-hybridized carbons (Fsp3) is 0.156. The lowest BCUT2D eigenvalue weighted by Crippen LogP contribution is -2.31. The molecule has 2 atom stereocenters. The number of carbonyl (C=O) groups is 1. The first-order chi connectivity index (χ1) is 17.6. The number of para-hydroxylation sites is 1. The van der Waals surface area contributed by atoms with Crippen molar-refractivity contribution >= 4 is 16.8 Å². The van der Waals surface area contributed by atoms with Gasteiger partial charge in [-0.15, -0.1) is 0 Å². The van der Waals surface area contributed by atoms with Crippen LogP contribution >= 0.6 is 0 Å². The quantitative estimate of drug-likeness (QED) is 0.259. The summed E-state index contributed by atoms with van der Waals surface area (Å²) >= 11 is 0. The van der Waals surface area contributed by atoms with Crippen molar-refractivity contribution in [1.82, 2.24) is 9.88 Å². The van der Waals surface area contributed by atoms with Gasteiger partial charge in [0.1, 0.15) is 5.82 Å². The van der Waals surface area contributed by atoms with E-state index in [1.807, 2.05) is 73.8 Å². The first-order valence-corrected chi connectivity index (χ1v) is 12.3. The van der Waals surface area contributed by atoms with Gasteiger partial charge in [0.15, 0.2) is 0 Å². The molecule has 0 radical (unpaired) electrons. The number of aromatic nitrogens is 1. The Balaban J connectivity index is 1.47. The average molecular weight is 477 g/mol. The molecular formula is C32H29FN2O. The summed E-state index contributed by atoms with van der Waals surface area (Å²) in [4.78, 5) is 13.6. The monoisotopic (exact) mass is 476 g/mol. The Morgan fingerprint density at radius 2 is 1.50 bits per heavy atom. The van der Waals surface area contributed by atoms with E-state index in [1.165, 1.54) is 6.07 Å². The number of nitrogens with zero attached hydrogens (tertiary/aromatic N) is 1. The van der Waals surface area contributed by atoms with Crippen LogP contribution in [0.15, 0.2) is 115 Å². The summed E-state index contributed by atoms with van der Waals surface area (Å²) in [5, 5.41) is 4.36. The fourth-order valence-corrected chi connectivity index (χ4v) is 5.01. The topological polar surface area (TPSA) is 34.0 Å². The molecular weight excluding hydrogens is 447 g/mol. The number of hydrogen-bond donors (Lipinski definition) is 1. The van der Waals surface area contributed by atoms with E-state index in [-0.39, 0.29) is 30.1 Å². The van der Waals surface area contributed by atoms with Gasteiger partial charge < -0.3 is 9.88 Å². The van der Waals surface area contributed by atoms with Gasteiger partial charge in [0.2, 0.25) is 5.91 Å². The highest BCUT2D eigenvalue weighted by Crippen LogP contribution is 2.35. The number of nitrogens with one attached hydrogen (secondary N) is 1. The van der Waals surface area contributed by atoms with Crippen LogP contribution in [0.1, 0.15) is 40.6 Å². The second-order valence-electron chi connectivity index (χ2n) is 9.24. The minimum Gasteiger partial charge on any atom is -0.350 e. The third kappa shape index (κ3) is 5.23. The molecule has 0 aliphatic heterocycles. The zero-order valence-corrected chi connectivity index (χ0v) is 20.3. The number of fused-ring (bicyclic) bond motifs is 1. The molecule has 4 aromatic carbocycles. The number of amides is 1. The normalized spacial score (nSPS) is 12.8. The van der Waals surface area contributed by atoms with E-state index in [1.54, 1.807) is 12.1 Å². The van der Waals surface area contributed by atoms with E-state index >= 15 is 0 Å². The molecule has 0 saturated heterocycles. The fourth-order valence-electron chi connectivity index (χ4n) is 5.01. The van der Waals surface area contributed by atoms with Crippen molar-refractivity contribution in [1.29, 1.82) is 0 Å². The molecule has 0 fully saturated rings. The highest BCUT2D eigenvalue weighted by atomic mass is 19.1. The van der Waals surface area contributed by atoms with Crippen LogP contribution in [0.5, 0.6) is 0 Å². The smallest absolute Gasteiger partial charge is 0.221 e. The van der Waals surface area contributed by atoms with Crippen molar-refractivity contribution in [2.75, 3.05) is 0 Å². The molecule has 1 N–H and O–H groups in total. The number of halogens is 1. The van der Waals surface area contributed by atoms with E-state index in [4.69, 9.17) is 0 Å². The van der Waals surface area contributed by atoms with Gasteiger partial charge in [0.25, 0.3) is 0 Å². The molecule has 1 heterocycles. The van der Waals surface area contributed by atoms with Crippen LogP contribution in [0.25, 0.3) is 10.9 Å². The molecule has 1 amide bonds. The number of aryl methyl sites for hydroxylation is 1. The third-order valence-electron chi connectivity index (χ3n) is 6.76. The summed E-state index contributed by atoms with van der Waals surface area (Å²) in [6.07, 6.45) is 2.97. The van der Waals surface area contributed by atoms with Crippen molar-refractivity contribution in [2.45, 2.75) is 24.8 Å². The van der Waals surface area contributed by atoms with E-state index < -0.39 is 0 Å². The Morgan fingerprint density at radius 1 is 0.833 bits per heavy atom. The first-order valence-electron chi connectivity index (χ1n) is 12.3. The SMILES string of the molecule is Cn1cc([C@H](CC(=O)N[C@@H](Cc2ccccc2)c2ccccc2)c2cccc(F)c2)c2ccccc21. The largest absolute Gasteiger partial charge is 0.350 e. The van der Waals surface area contributed by atoms with Crippen LogP contribution in [-0.4, -0.2) is 10.5 Å². The molecule has 0 spiro atoms. The predicted molar refractivity (Wildman–Crippen MR) is 143 cm³/mol. The summed E-state index contributed by atoms with van der Waals surface area (Å²) in [7, 11) is 2.00. The zero-order chi connectivity index (χ0) is 24.9. The van der Waals surface area contributed by atoms with Crippen molar-refractivity contribution in [3.05, 3.63) is 143 Å². The standard InChI is InChI=1S/C32H29FN2O/c1-35-22-29(27-17-8-9-18-31(27)35)28(25-15-10-16-26(33)20-25)21-32(36)34-30(24-13-6-3-7-14-24)19-23-11-4-2-5-12-23/h2-18,20,22,28,30H,19,21H2,1H3,(H,34,36)/t28-,30+/m1/s1. The molecule has 5 aromatic rings. The number of carbonyl (C=O) groups excluding carboxylic acids is 1. The molecule has 0 bridgehead atoms. The first kappa shape index (κ1) is 23.6. The van der Waals surface area contributed by atoms with Crippen LogP contribution in [-0.2, 0) is 18.3 Å². The van der Waals surface area contributed by atoms with Gasteiger partial charge in [-0.05, 0) is 46.9 Å². The molecule has 4 heteroatoms. The Hall–Kier alpha value is -4.18. The minimum absolute atomic E-state index is 0.0676. The maximum atomic E-state index is 14.3. The molecule has 0 saturated carbocycles. The lowest BCUT2D eigenvalue weighted by atomic mass is 9.87. The summed E-state index contributed by atoms with van der Waals surface area (Å²) in [5.41, 5.74) is 5.11. The summed E-state index contributed by atoms with van der Waals surface area (Å²) in [6, 6.07) is 34.8. The maximum absolute atomic E-state index is 14.3. The molecule has 3 nitrogen and oxygen atoms in total. The molecule has 0 aliphatic rings. The maximum Gasteiger partial charge on any atom is 0.221 e. The second kappa shape index (κ2) is 10.6. The number of rotatable bonds is 8. The van der Waals surface area contributed by atoms with Gasteiger partial charge in [0.05, 0.1) is 6.04 Å². The molecule has 180 valence electrons. The Bertz CT molecular complexity index is 1460. The van der Waals surface area contributed by atoms with Crippen molar-refractivity contribution < 1.29 is 9.18 Å². The molecule has 1 aromatic heterocycles. The van der Waals surface area contributed by atoms with E-state index in [9.17, 15) is 9.18 Å². The Morgan fingerprint density at radius 3 is 2.25 bits per heavy atom. The van der Waals surface area contributed by atoms with Gasteiger partial charge in [-0.2, -0.15) is 0 Å². The lowest BCUT2D eigenvalue weighted by Gasteiger charge is -2.22. The zero-order valence-electron chi connectivity index (χ0n) is 20.3. The van der Waals surface area contributed by atoms with Gasteiger partial charge in [-0.1, -0.05) is 91.0 Å². The highest BCUT2D eigenvalue weighted by molar-refractivity contribution is 5.86. The van der Waals surface area contributed by atoms with Crippen LogP contribution < -0.4 is 5.32 Å². The molecule has 36 heavy (non-hydrogen) atoms. The van der Waals surface area contributed by atoms with E-state index in [0.29, 0.717) is 6.42 Å². The lowest BCUT2D eigenvalue weighted by molar-refractivity contribution is -0.122. The number of benzene rings is 4. The molecule has 0 aliphatic carbocycles. The van der Waals surface area contributed by atoms with E-state index in [0.717, 1.165) is 33.2 Å². The average Bonchev–Trinajstić information content (AvgIpc) is 3.24. The van der Waals surface area contributed by atoms with Crippen LogP contribution in [0.3, 0.4) is 0 Å². The van der Waals surface area contributed by atoms with Gasteiger partial charge in [-0.3, -0.25) is 4.79 Å². The highest BCUT2D eigenvalue weighted by Gasteiger charge is 2.24. The van der Waals surface area contributed by atoms with Gasteiger partial charge in [0, 0.05) is 36.5 Å². The summed E-state index contributed by atoms with van der Waals surface area (Å²) < 4.78 is 16.3. The van der Waals surface area contributed by atoms with Crippen molar-refractivity contribution in [3.63, 3.8) is 0 Å².